The fourth-order valence-corrected chi connectivity index (χ4v) is 17.4. The molecule has 38 nitrogen and oxygen atoms in total. The molecule has 0 spiro atoms. The minimum atomic E-state index is -2.02. The van der Waals surface area contributed by atoms with Gasteiger partial charge in [0.2, 0.25) is 88.6 Å². The number of para-hydroxylation sites is 1. The number of hydrogen-bond acceptors (Lipinski definition) is 22. The van der Waals surface area contributed by atoms with Gasteiger partial charge in [-0.1, -0.05) is 131 Å². The Bertz CT molecular complexity index is 5140. The number of nitrogens with two attached hydrogens (primary N) is 3. The number of phenols is 1. The van der Waals surface area contributed by atoms with Crippen LogP contribution in [0.1, 0.15) is 119 Å². The van der Waals surface area contributed by atoms with Gasteiger partial charge in [-0.05, 0) is 116 Å². The molecule has 3 aliphatic rings. The van der Waals surface area contributed by atoms with Crippen molar-refractivity contribution in [1.82, 2.24) is 77.3 Å². The molecule has 15 amide bonds. The zero-order valence-corrected chi connectivity index (χ0v) is 76.5. The van der Waals surface area contributed by atoms with E-state index < -0.39 is 260 Å². The SMILES string of the molecule is CCCC[C@H]1C(=O)N2C[C@H](O)C[C@@H]2C(=O)N[C@@H](CC(=O)O)C(=O)N[C@@H](C(C)C)C(=O)N(C)[C@H](Cc2ccccc2)C(=O)N[C@@H](CCCCN)C(=O)N2C[C@H](O)C[C@@H]2C(=O)N[C@@H](Cc2c[nH]c3ccccc23)C(=O)N[C@@H](Cc2ccc(O)cc2)C(=O)N[C@H](CCCN)C(=O)N[C@H](C(=O)NCC(N)=O)CSCC(=O)N[C@H](Cc2ccc(F)c(F)c2)C(=O)N(C)[C@@H](Cc2ccccc2)C(=O)N1C. The summed E-state index contributed by atoms with van der Waals surface area (Å²) in [6.07, 6.45) is -4.26. The summed E-state index contributed by atoms with van der Waals surface area (Å²) >= 11 is 0.697. The van der Waals surface area contributed by atoms with Crippen LogP contribution in [0.5, 0.6) is 5.75 Å². The number of rotatable bonds is 26. The number of thioether (sulfide) groups is 1. The third kappa shape index (κ3) is 29.3. The Morgan fingerprint density at radius 1 is 0.500 bits per heavy atom. The predicted molar refractivity (Wildman–Crippen MR) is 489 cm³/mol. The van der Waals surface area contributed by atoms with Crippen molar-refractivity contribution >= 4 is 117 Å². The first kappa shape index (κ1) is 105. The maximum Gasteiger partial charge on any atom is 0.305 e. The average molecular weight is 1880 g/mol. The highest BCUT2D eigenvalue weighted by molar-refractivity contribution is 8.00. The second kappa shape index (κ2) is 50.2. The van der Waals surface area contributed by atoms with Crippen molar-refractivity contribution in [3.05, 3.63) is 173 Å². The van der Waals surface area contributed by atoms with Gasteiger partial charge < -0.3 is 115 Å². The Balaban J connectivity index is 1.14. The summed E-state index contributed by atoms with van der Waals surface area (Å²) in [7, 11) is 3.76. The summed E-state index contributed by atoms with van der Waals surface area (Å²) in [6, 6.07) is 10.4. The number of carboxylic acid groups (broad SMARTS) is 1. The molecule has 9 rings (SSSR count). The molecule has 15 atom stereocenters. The summed E-state index contributed by atoms with van der Waals surface area (Å²) in [6.45, 7) is 3.13. The van der Waals surface area contributed by atoms with E-state index in [-0.39, 0.29) is 88.6 Å². The number of fused-ring (bicyclic) bond motifs is 3. The van der Waals surface area contributed by atoms with Gasteiger partial charge in [0.15, 0.2) is 11.6 Å². The quantitative estimate of drug-likeness (QED) is 0.0304. The van der Waals surface area contributed by atoms with Crippen molar-refractivity contribution in [3.8, 4) is 5.75 Å². The van der Waals surface area contributed by atoms with Crippen LogP contribution in [0.2, 0.25) is 0 Å². The van der Waals surface area contributed by atoms with Gasteiger partial charge in [-0.2, -0.15) is 0 Å². The number of nitrogens with one attached hydrogen (secondary N) is 10. The molecule has 20 N–H and O–H groups in total. The van der Waals surface area contributed by atoms with Gasteiger partial charge in [-0.15, -0.1) is 11.8 Å². The Kier molecular flexibility index (Phi) is 39.2. The Hall–Kier alpha value is -13.0. The number of unbranched alkanes of at least 4 members (excludes halogenated alkanes) is 2. The van der Waals surface area contributed by atoms with Gasteiger partial charge in [-0.25, -0.2) is 8.78 Å². The van der Waals surface area contributed by atoms with E-state index in [4.69, 9.17) is 17.2 Å². The summed E-state index contributed by atoms with van der Waals surface area (Å²) in [4.78, 5) is 246. The number of carbonyl (C=O) groups excluding carboxylic acids is 15. The molecule has 3 saturated heterocycles. The number of aliphatic hydroxyl groups is 2. The first-order valence-electron chi connectivity index (χ1n) is 44.7. The lowest BCUT2D eigenvalue weighted by Crippen LogP contribution is -2.62. The van der Waals surface area contributed by atoms with Gasteiger partial charge in [-0.3, -0.25) is 76.7 Å². The summed E-state index contributed by atoms with van der Waals surface area (Å²) in [5.41, 5.74) is 19.8. The summed E-state index contributed by atoms with van der Waals surface area (Å²) in [5, 5.41) is 67.9. The van der Waals surface area contributed by atoms with Gasteiger partial charge in [0.05, 0.1) is 30.9 Å². The highest BCUT2D eigenvalue weighted by Gasteiger charge is 2.48. The fraction of sp³-hybridized carbons (Fsp3) is 0.484. The number of phenolic OH excluding ortho intramolecular Hbond substituents is 1. The van der Waals surface area contributed by atoms with Crippen molar-refractivity contribution in [2.75, 3.05) is 65.4 Å². The molecule has 41 heteroatoms. The molecule has 1 aromatic heterocycles. The topological polar surface area (TPSA) is 572 Å². The number of halogens is 2. The van der Waals surface area contributed by atoms with Crippen molar-refractivity contribution in [3.63, 3.8) is 0 Å². The average Bonchev–Trinajstić information content (AvgIpc) is 1.54. The van der Waals surface area contributed by atoms with Gasteiger partial charge in [0.25, 0.3) is 0 Å². The number of aromatic hydroxyl groups is 1. The van der Waals surface area contributed by atoms with E-state index in [2.05, 4.69) is 52.8 Å². The summed E-state index contributed by atoms with van der Waals surface area (Å²) < 4.78 is 29.8. The molecule has 0 radical (unpaired) electrons. The Morgan fingerprint density at radius 3 is 1.61 bits per heavy atom. The van der Waals surface area contributed by atoms with Crippen LogP contribution in [-0.4, -0.2) is 301 Å². The molecule has 0 unspecified atom stereocenters. The van der Waals surface area contributed by atoms with E-state index in [0.717, 1.165) is 42.7 Å². The van der Waals surface area contributed by atoms with Crippen LogP contribution < -0.4 is 65.1 Å². The van der Waals surface area contributed by atoms with Crippen molar-refractivity contribution in [1.29, 1.82) is 0 Å². The number of nitrogens with zero attached hydrogens (tertiary/aromatic N) is 5. The number of H-pyrrole nitrogens is 1. The molecule has 724 valence electrons. The Labute approximate surface area is 778 Å². The number of carboxylic acids is 1. The first-order chi connectivity index (χ1) is 63.9. The van der Waals surface area contributed by atoms with Crippen LogP contribution >= 0.6 is 11.8 Å². The first-order valence-corrected chi connectivity index (χ1v) is 45.8. The number of aromatic amines is 1. The predicted octanol–water partition coefficient (Wildman–Crippen LogP) is -0.515. The highest BCUT2D eigenvalue weighted by atomic mass is 32.2. The maximum atomic E-state index is 15.7. The number of likely N-dealkylation sites (N-methyl/N-ethyl adjacent to an activating group) is 3. The zero-order chi connectivity index (χ0) is 97.7. The number of aromatic nitrogens is 1. The second-order valence-corrected chi connectivity index (χ2v) is 35.4. The van der Waals surface area contributed by atoms with E-state index in [1.54, 1.807) is 98.0 Å². The normalized spacial score (nSPS) is 24.6. The Morgan fingerprint density at radius 2 is 1.01 bits per heavy atom. The fourth-order valence-electron chi connectivity index (χ4n) is 16.5. The molecule has 134 heavy (non-hydrogen) atoms. The highest BCUT2D eigenvalue weighted by Crippen LogP contribution is 2.29. The van der Waals surface area contributed by atoms with Crippen LogP contribution in [0.3, 0.4) is 0 Å². The number of aliphatic carboxylic acids is 1. The summed E-state index contributed by atoms with van der Waals surface area (Å²) in [5.74, 6) is -21.4. The maximum absolute atomic E-state index is 15.7. The molecular weight excluding hydrogens is 1760 g/mol. The van der Waals surface area contributed by atoms with E-state index in [1.165, 1.54) is 59.3 Å². The lowest BCUT2D eigenvalue weighted by molar-refractivity contribution is -0.152. The second-order valence-electron chi connectivity index (χ2n) is 34.3. The van der Waals surface area contributed by atoms with Crippen molar-refractivity contribution in [2.24, 2.45) is 23.1 Å². The number of hydrogen-bond donors (Lipinski definition) is 17. The standard InChI is InChI=1S/C93H122F2N18O20S/c1-7-8-28-72-92(132)113-49-60(116)44-75(113)88(128)106-69(45-79(119)120)85(125)108-80(52(2)3)93(133)110(5)73(40-53-20-11-9-12-21-53)86(126)103-66(26-17-18-35-96)90(130)112-48-59(115)43-74(112)87(127)105-68(42-57-46-99-64-25-16-15-24-61(57)64)84(124)104-67(38-55-29-32-58(114)33-30-55)83(123)102-65(27-19-36-97)82(122)107-71(81(121)100-47-77(98)117)50-134-51-78(118)101-70(39-56-31-34-62(94)63(95)37-56)89(129)111(6)76(91(131)109(72)4)41-54-22-13-10-14-23-54/h9-16,20-25,29-34,37,46,52,59-60,65-76,80,99,114-116H,7-8,17-19,26-28,35-36,38-45,47-51,96-97H2,1-6H3,(H2,98,117)(H,100,121)(H,101,118)(H,102,123)(H,103,126)(H,104,124)(H,105,127)(H,106,128)(H,107,122)(H,108,125)(H,119,120)/t59-,60-,65-,66+,67+,68+,69+,70-,71+,72+,73-,74-,75-,76+,80+/m1/s1. The van der Waals surface area contributed by atoms with Gasteiger partial charge >= 0.3 is 5.97 Å². The number of primary amides is 1. The van der Waals surface area contributed by atoms with Crippen LogP contribution in [0, 0.1) is 17.6 Å². The van der Waals surface area contributed by atoms with Crippen LogP contribution in [-0.2, 0) is 109 Å². The third-order valence-electron chi connectivity index (χ3n) is 23.9. The molecule has 4 heterocycles. The van der Waals surface area contributed by atoms with Gasteiger partial charge in [0, 0.05) is 102 Å². The number of carbonyl (C=O) groups is 16. The lowest BCUT2D eigenvalue weighted by Gasteiger charge is -2.38. The molecule has 3 fully saturated rings. The monoisotopic (exact) mass is 1880 g/mol. The number of amides is 15. The van der Waals surface area contributed by atoms with E-state index >= 15 is 47.5 Å². The van der Waals surface area contributed by atoms with E-state index in [1.807, 2.05) is 0 Å². The van der Waals surface area contributed by atoms with Crippen molar-refractivity contribution < 1.29 is 106 Å². The van der Waals surface area contributed by atoms with Gasteiger partial charge in [0.1, 0.15) is 84.3 Å². The smallest absolute Gasteiger partial charge is 0.305 e. The zero-order valence-electron chi connectivity index (χ0n) is 75.7. The van der Waals surface area contributed by atoms with Crippen LogP contribution in [0.25, 0.3) is 10.9 Å². The van der Waals surface area contributed by atoms with E-state index in [9.17, 15) is 58.4 Å². The molecule has 0 bridgehead atoms. The number of benzene rings is 5. The van der Waals surface area contributed by atoms with Crippen LogP contribution in [0.15, 0.2) is 134 Å². The molecular formula is C93H122F2N18O20S. The largest absolute Gasteiger partial charge is 0.508 e. The van der Waals surface area contributed by atoms with Crippen LogP contribution in [0.4, 0.5) is 8.78 Å². The number of aliphatic hydroxyl groups excluding tert-OH is 2. The molecule has 0 aliphatic carbocycles. The lowest BCUT2D eigenvalue weighted by atomic mass is 9.98. The van der Waals surface area contributed by atoms with E-state index in [0.29, 0.717) is 57.8 Å². The molecule has 3 aliphatic heterocycles. The minimum absolute atomic E-state index is 0.0310. The molecule has 0 saturated carbocycles. The third-order valence-corrected chi connectivity index (χ3v) is 25.0. The molecule has 6 aromatic rings. The van der Waals surface area contributed by atoms with Crippen molar-refractivity contribution in [2.45, 2.75) is 214 Å². The molecule has 5 aromatic carbocycles. The minimum Gasteiger partial charge on any atom is -0.508 e.